The van der Waals surface area contributed by atoms with Gasteiger partial charge in [-0.2, -0.15) is 5.10 Å². The average molecular weight is 238 g/mol. The van der Waals surface area contributed by atoms with Crippen LogP contribution in [-0.2, 0) is 7.05 Å². The Kier molecular flexibility index (Phi) is 3.53. The smallest absolute Gasteiger partial charge is 0.161 e. The summed E-state index contributed by atoms with van der Waals surface area (Å²) in [6, 6.07) is 0.459. The SMILES string of the molecule is CC(C)C1CCSC(Nc2cnn(C)c2)=N1. The number of aromatic nitrogens is 2. The van der Waals surface area contributed by atoms with E-state index in [9.17, 15) is 0 Å². The molecule has 0 saturated carbocycles. The highest BCUT2D eigenvalue weighted by molar-refractivity contribution is 8.14. The molecule has 0 aromatic carbocycles. The molecule has 0 saturated heterocycles. The van der Waals surface area contributed by atoms with Crippen LogP contribution in [0.4, 0.5) is 5.69 Å². The van der Waals surface area contributed by atoms with Crippen molar-refractivity contribution in [2.75, 3.05) is 11.1 Å². The van der Waals surface area contributed by atoms with Crippen LogP contribution < -0.4 is 5.32 Å². The van der Waals surface area contributed by atoms with E-state index in [-0.39, 0.29) is 0 Å². The summed E-state index contributed by atoms with van der Waals surface area (Å²) in [5, 5.41) is 8.47. The zero-order valence-electron chi connectivity index (χ0n) is 9.97. The number of nitrogens with one attached hydrogen (secondary N) is 1. The summed E-state index contributed by atoms with van der Waals surface area (Å²) >= 11 is 1.79. The molecule has 0 spiro atoms. The Bertz CT molecular complexity index is 383. The minimum Gasteiger partial charge on any atom is -0.332 e. The number of thioether (sulfide) groups is 1. The van der Waals surface area contributed by atoms with Crippen molar-refractivity contribution in [3.63, 3.8) is 0 Å². The number of aliphatic imine (C=N–C) groups is 1. The largest absolute Gasteiger partial charge is 0.332 e. The average Bonchev–Trinajstić information content (AvgIpc) is 2.64. The zero-order chi connectivity index (χ0) is 11.5. The predicted molar refractivity (Wildman–Crippen MR) is 70.0 cm³/mol. The van der Waals surface area contributed by atoms with Gasteiger partial charge in [0.05, 0.1) is 17.9 Å². The molecule has 1 atom stereocenters. The fourth-order valence-corrected chi connectivity index (χ4v) is 2.64. The van der Waals surface area contributed by atoms with E-state index in [1.165, 1.54) is 6.42 Å². The Morgan fingerprint density at radius 3 is 3.00 bits per heavy atom. The number of aryl methyl sites for hydroxylation is 1. The highest BCUT2D eigenvalue weighted by atomic mass is 32.2. The van der Waals surface area contributed by atoms with Crippen LogP contribution in [0.2, 0.25) is 0 Å². The number of nitrogens with zero attached hydrogens (tertiary/aromatic N) is 3. The maximum Gasteiger partial charge on any atom is 0.161 e. The number of hydrogen-bond acceptors (Lipinski definition) is 4. The van der Waals surface area contributed by atoms with Crippen LogP contribution >= 0.6 is 11.8 Å². The molecular weight excluding hydrogens is 220 g/mol. The van der Waals surface area contributed by atoms with Crippen molar-refractivity contribution in [1.29, 1.82) is 0 Å². The topological polar surface area (TPSA) is 42.2 Å². The fraction of sp³-hybridized carbons (Fsp3) is 0.636. The summed E-state index contributed by atoms with van der Waals surface area (Å²) in [6.07, 6.45) is 4.96. The number of rotatable bonds is 2. The molecule has 0 bridgehead atoms. The predicted octanol–water partition coefficient (Wildman–Crippen LogP) is 2.35. The van der Waals surface area contributed by atoms with Gasteiger partial charge in [0.15, 0.2) is 5.17 Å². The maximum atomic E-state index is 4.72. The summed E-state index contributed by atoms with van der Waals surface area (Å²) in [5.41, 5.74) is 1.01. The van der Waals surface area contributed by atoms with Crippen LogP contribution in [0.1, 0.15) is 20.3 Å². The van der Waals surface area contributed by atoms with E-state index in [0.717, 1.165) is 16.6 Å². The molecule has 1 aliphatic heterocycles. The molecule has 5 heteroatoms. The molecular formula is C11H18N4S. The lowest BCUT2D eigenvalue weighted by Crippen LogP contribution is -2.23. The van der Waals surface area contributed by atoms with E-state index < -0.39 is 0 Å². The third-order valence-electron chi connectivity index (χ3n) is 2.66. The molecule has 0 amide bonds. The monoisotopic (exact) mass is 238 g/mol. The summed E-state index contributed by atoms with van der Waals surface area (Å²) in [6.45, 7) is 4.46. The van der Waals surface area contributed by atoms with Crippen LogP contribution in [0.3, 0.4) is 0 Å². The minimum atomic E-state index is 0.459. The molecule has 1 aromatic heterocycles. The van der Waals surface area contributed by atoms with Gasteiger partial charge < -0.3 is 5.32 Å². The molecule has 2 heterocycles. The van der Waals surface area contributed by atoms with Gasteiger partial charge in [-0.05, 0) is 12.3 Å². The number of hydrogen-bond donors (Lipinski definition) is 1. The second-order valence-electron chi connectivity index (χ2n) is 4.41. The third kappa shape index (κ3) is 2.78. The fourth-order valence-electron chi connectivity index (χ4n) is 1.69. The van der Waals surface area contributed by atoms with Crippen molar-refractivity contribution >= 4 is 22.6 Å². The van der Waals surface area contributed by atoms with Crippen molar-refractivity contribution in [3.05, 3.63) is 12.4 Å². The molecule has 16 heavy (non-hydrogen) atoms. The zero-order valence-corrected chi connectivity index (χ0v) is 10.8. The van der Waals surface area contributed by atoms with Crippen LogP contribution in [0.25, 0.3) is 0 Å². The molecule has 0 fully saturated rings. The van der Waals surface area contributed by atoms with Gasteiger partial charge in [0, 0.05) is 19.0 Å². The van der Waals surface area contributed by atoms with Crippen molar-refractivity contribution < 1.29 is 0 Å². The van der Waals surface area contributed by atoms with Crippen LogP contribution in [0, 0.1) is 5.92 Å². The van der Waals surface area contributed by atoms with E-state index in [1.807, 2.05) is 19.4 Å². The molecule has 2 rings (SSSR count). The minimum absolute atomic E-state index is 0.459. The quantitative estimate of drug-likeness (QED) is 0.860. The molecule has 0 aliphatic carbocycles. The number of anilines is 1. The Hall–Kier alpha value is -0.970. The first-order valence-corrected chi connectivity index (χ1v) is 6.60. The maximum absolute atomic E-state index is 4.72. The summed E-state index contributed by atoms with van der Waals surface area (Å²) in [7, 11) is 1.91. The lowest BCUT2D eigenvalue weighted by Gasteiger charge is -2.22. The van der Waals surface area contributed by atoms with Crippen LogP contribution in [-0.4, -0.2) is 26.7 Å². The summed E-state index contributed by atoms with van der Waals surface area (Å²) < 4.78 is 1.79. The summed E-state index contributed by atoms with van der Waals surface area (Å²) in [4.78, 5) is 4.72. The van der Waals surface area contributed by atoms with E-state index >= 15 is 0 Å². The van der Waals surface area contributed by atoms with Gasteiger partial charge in [-0.1, -0.05) is 25.6 Å². The van der Waals surface area contributed by atoms with Crippen molar-refractivity contribution in [2.45, 2.75) is 26.3 Å². The normalized spacial score (nSPS) is 21.0. The summed E-state index contributed by atoms with van der Waals surface area (Å²) in [5.74, 6) is 1.76. The van der Waals surface area contributed by atoms with E-state index in [0.29, 0.717) is 12.0 Å². The third-order valence-corrected chi connectivity index (χ3v) is 3.58. The van der Waals surface area contributed by atoms with Gasteiger partial charge in [0.25, 0.3) is 0 Å². The molecule has 1 unspecified atom stereocenters. The Balaban J connectivity index is 2.04. The second kappa shape index (κ2) is 4.91. The van der Waals surface area contributed by atoms with Crippen molar-refractivity contribution in [3.8, 4) is 0 Å². The second-order valence-corrected chi connectivity index (χ2v) is 5.49. The van der Waals surface area contributed by atoms with Crippen LogP contribution in [0.5, 0.6) is 0 Å². The van der Waals surface area contributed by atoms with Gasteiger partial charge in [0.1, 0.15) is 0 Å². The molecule has 1 N–H and O–H groups in total. The van der Waals surface area contributed by atoms with Gasteiger partial charge >= 0.3 is 0 Å². The number of amidine groups is 1. The van der Waals surface area contributed by atoms with Crippen LogP contribution in [0.15, 0.2) is 17.4 Å². The van der Waals surface area contributed by atoms with Crippen molar-refractivity contribution in [2.24, 2.45) is 18.0 Å². The highest BCUT2D eigenvalue weighted by Gasteiger charge is 2.18. The molecule has 0 radical (unpaired) electrons. The van der Waals surface area contributed by atoms with Gasteiger partial charge in [-0.25, -0.2) is 0 Å². The highest BCUT2D eigenvalue weighted by Crippen LogP contribution is 2.23. The van der Waals surface area contributed by atoms with E-state index in [4.69, 9.17) is 4.99 Å². The van der Waals surface area contributed by atoms with Gasteiger partial charge in [0.2, 0.25) is 0 Å². The first-order valence-electron chi connectivity index (χ1n) is 5.61. The molecule has 1 aliphatic rings. The van der Waals surface area contributed by atoms with Gasteiger partial charge in [-0.15, -0.1) is 0 Å². The van der Waals surface area contributed by atoms with E-state index in [2.05, 4.69) is 24.3 Å². The molecule has 4 nitrogen and oxygen atoms in total. The molecule has 1 aromatic rings. The Morgan fingerprint density at radius 2 is 2.38 bits per heavy atom. The lowest BCUT2D eigenvalue weighted by molar-refractivity contribution is 0.485. The first-order chi connectivity index (χ1) is 7.65. The first kappa shape index (κ1) is 11.5. The van der Waals surface area contributed by atoms with Crippen molar-refractivity contribution in [1.82, 2.24) is 9.78 Å². The molecule has 88 valence electrons. The lowest BCUT2D eigenvalue weighted by atomic mass is 10.0. The van der Waals surface area contributed by atoms with E-state index in [1.54, 1.807) is 16.4 Å². The Morgan fingerprint density at radius 1 is 1.56 bits per heavy atom. The standard InChI is InChI=1S/C11H18N4S/c1-8(2)10-4-5-16-11(14-10)13-9-6-12-15(3)7-9/h6-8,10H,4-5H2,1-3H3,(H,13,14). The Labute approximate surface area is 101 Å². The van der Waals surface area contributed by atoms with Gasteiger partial charge in [-0.3, -0.25) is 9.67 Å².